The van der Waals surface area contributed by atoms with Gasteiger partial charge in [0.05, 0.1) is 24.0 Å². The summed E-state index contributed by atoms with van der Waals surface area (Å²) in [6, 6.07) is -0.638. The first-order valence-electron chi connectivity index (χ1n) is 9.32. The molecule has 12 nitrogen and oxygen atoms in total. The fourth-order valence-corrected chi connectivity index (χ4v) is 3.63. The molecule has 0 aliphatic carbocycles. The van der Waals surface area contributed by atoms with Crippen LogP contribution in [0.4, 0.5) is 5.82 Å². The first kappa shape index (κ1) is 20.5. The minimum absolute atomic E-state index is 0.0289. The molecule has 1 aliphatic rings. The molecule has 0 radical (unpaired) electrons. The van der Waals surface area contributed by atoms with Gasteiger partial charge in [0.15, 0.2) is 17.2 Å². The van der Waals surface area contributed by atoms with E-state index in [0.717, 1.165) is 0 Å². The molecular weight excluding hydrogens is 416 g/mol. The Morgan fingerprint density at radius 1 is 1.37 bits per heavy atom. The van der Waals surface area contributed by atoms with Gasteiger partial charge in [-0.1, -0.05) is 11.6 Å². The number of anilines is 1. The molecule has 0 aromatic carbocycles. The third-order valence-corrected chi connectivity index (χ3v) is 5.35. The average molecular weight is 437 g/mol. The van der Waals surface area contributed by atoms with Crippen LogP contribution in [0.25, 0.3) is 11.2 Å². The molecule has 0 saturated carbocycles. The summed E-state index contributed by atoms with van der Waals surface area (Å²) in [6.45, 7) is 2.49. The average Bonchev–Trinajstić information content (AvgIpc) is 3.33. The summed E-state index contributed by atoms with van der Waals surface area (Å²) in [6.07, 6.45) is 1.06. The molecule has 13 heteroatoms. The molecule has 4 heterocycles. The van der Waals surface area contributed by atoms with Crippen LogP contribution < -0.4 is 11.1 Å². The number of imidazole rings is 1. The molecular formula is C17H21ClN8O4. The van der Waals surface area contributed by atoms with E-state index >= 15 is 0 Å². The number of fused-ring (bicyclic) bond motifs is 1. The number of carbonyl (C=O) groups is 1. The molecule has 3 aromatic heterocycles. The fourth-order valence-electron chi connectivity index (χ4n) is 3.39. The number of nitrogen functional groups attached to an aromatic ring is 1. The zero-order valence-corrected chi connectivity index (χ0v) is 16.8. The highest BCUT2D eigenvalue weighted by Gasteiger charge is 2.40. The molecule has 1 amide bonds. The number of aryl methyl sites for hydroxylation is 1. The molecule has 3 aromatic rings. The van der Waals surface area contributed by atoms with Crippen molar-refractivity contribution in [3.63, 3.8) is 0 Å². The highest BCUT2D eigenvalue weighted by atomic mass is 35.5. The van der Waals surface area contributed by atoms with Gasteiger partial charge in [0, 0.05) is 19.3 Å². The Kier molecular flexibility index (Phi) is 5.56. The van der Waals surface area contributed by atoms with E-state index in [2.05, 4.69) is 25.4 Å². The molecule has 0 unspecified atom stereocenters. The first-order chi connectivity index (χ1) is 14.4. The number of hydrogen-bond donors (Lipinski definition) is 4. The molecule has 1 saturated heterocycles. The summed E-state index contributed by atoms with van der Waals surface area (Å²) in [7, 11) is 0. The zero-order valence-electron chi connectivity index (χ0n) is 16.0. The van der Waals surface area contributed by atoms with Crippen LogP contribution in [0.1, 0.15) is 23.5 Å². The maximum atomic E-state index is 12.3. The van der Waals surface area contributed by atoms with Gasteiger partial charge in [-0.25, -0.2) is 15.0 Å². The predicted octanol–water partition coefficient (Wildman–Crippen LogP) is -0.630. The van der Waals surface area contributed by atoms with E-state index in [0.29, 0.717) is 17.7 Å². The van der Waals surface area contributed by atoms with E-state index in [-0.39, 0.29) is 29.7 Å². The number of rotatable bonds is 5. The predicted molar refractivity (Wildman–Crippen MR) is 106 cm³/mol. The van der Waals surface area contributed by atoms with Crippen molar-refractivity contribution < 1.29 is 19.7 Å². The van der Waals surface area contributed by atoms with Crippen LogP contribution in [0.5, 0.6) is 0 Å². The number of hydrogen-bond acceptors (Lipinski definition) is 9. The second-order valence-corrected chi connectivity index (χ2v) is 7.30. The van der Waals surface area contributed by atoms with Gasteiger partial charge in [-0.05, 0) is 6.92 Å². The quantitative estimate of drug-likeness (QED) is 0.407. The Morgan fingerprint density at radius 2 is 2.17 bits per heavy atom. The second kappa shape index (κ2) is 8.14. The normalized spacial score (nSPS) is 24.3. The summed E-state index contributed by atoms with van der Waals surface area (Å²) >= 11 is 6.03. The highest BCUT2D eigenvalue weighted by Crippen LogP contribution is 2.28. The van der Waals surface area contributed by atoms with Gasteiger partial charge in [-0.15, -0.1) is 0 Å². The zero-order chi connectivity index (χ0) is 21.4. The number of aromatic nitrogens is 6. The highest BCUT2D eigenvalue weighted by molar-refractivity contribution is 6.33. The van der Waals surface area contributed by atoms with Crippen molar-refractivity contribution in [2.24, 2.45) is 0 Å². The third kappa shape index (κ3) is 3.58. The van der Waals surface area contributed by atoms with Gasteiger partial charge < -0.3 is 30.6 Å². The topological polar surface area (TPSA) is 166 Å². The molecule has 0 spiro atoms. The lowest BCUT2D eigenvalue weighted by Crippen LogP contribution is -2.54. The number of nitrogens with two attached hydrogens (primary N) is 1. The summed E-state index contributed by atoms with van der Waals surface area (Å²) < 4.78 is 8.85. The van der Waals surface area contributed by atoms with Crippen LogP contribution in [0.3, 0.4) is 0 Å². The van der Waals surface area contributed by atoms with Crippen LogP contribution in [-0.2, 0) is 11.3 Å². The molecule has 4 atom stereocenters. The van der Waals surface area contributed by atoms with Crippen molar-refractivity contribution in [2.45, 2.75) is 37.8 Å². The number of carbonyl (C=O) groups excluding carboxylic acids is 1. The maximum absolute atomic E-state index is 12.3. The van der Waals surface area contributed by atoms with Crippen molar-refractivity contribution in [1.29, 1.82) is 0 Å². The monoisotopic (exact) mass is 436 g/mol. The van der Waals surface area contributed by atoms with Gasteiger partial charge >= 0.3 is 0 Å². The van der Waals surface area contributed by atoms with Crippen molar-refractivity contribution in [1.82, 2.24) is 34.6 Å². The van der Waals surface area contributed by atoms with Crippen molar-refractivity contribution in [2.75, 3.05) is 18.9 Å². The molecule has 160 valence electrons. The van der Waals surface area contributed by atoms with Crippen LogP contribution in [0.15, 0.2) is 18.9 Å². The summed E-state index contributed by atoms with van der Waals surface area (Å²) in [5.41, 5.74) is 6.71. The van der Waals surface area contributed by atoms with Crippen LogP contribution in [-0.4, -0.2) is 76.9 Å². The van der Waals surface area contributed by atoms with E-state index in [1.807, 2.05) is 6.92 Å². The van der Waals surface area contributed by atoms with E-state index < -0.39 is 30.3 Å². The van der Waals surface area contributed by atoms with E-state index in [9.17, 15) is 15.0 Å². The standard InChI is InChI=1S/C17H21ClN8O4/c1-2-25-4-8(18)11(24-25)17(29)20-3-10-14(28)13(27)9(5-30-10)26-7-23-12-15(19)21-6-22-16(12)26/h4,6-7,9-10,13-14,27-28H,2-3,5H2,1H3,(H,20,29)(H2,19,21,22)/t9-,10-,13+,14-/m1/s1. The Hall–Kier alpha value is -2.80. The van der Waals surface area contributed by atoms with Crippen molar-refractivity contribution >= 4 is 34.5 Å². The van der Waals surface area contributed by atoms with Gasteiger partial charge in [-0.3, -0.25) is 9.48 Å². The maximum Gasteiger partial charge on any atom is 0.273 e. The number of amides is 1. The summed E-state index contributed by atoms with van der Waals surface area (Å²) in [4.78, 5) is 24.5. The number of aliphatic hydroxyl groups excluding tert-OH is 2. The van der Waals surface area contributed by atoms with E-state index in [1.165, 1.54) is 12.7 Å². The first-order valence-corrected chi connectivity index (χ1v) is 9.70. The lowest BCUT2D eigenvalue weighted by atomic mass is 9.97. The van der Waals surface area contributed by atoms with Crippen molar-refractivity contribution in [3.8, 4) is 0 Å². The second-order valence-electron chi connectivity index (χ2n) is 6.89. The van der Waals surface area contributed by atoms with E-state index in [4.69, 9.17) is 22.1 Å². The number of nitrogens with zero attached hydrogens (tertiary/aromatic N) is 6. The SMILES string of the molecule is CCn1cc(Cl)c(C(=O)NC[C@H]2OC[C@@H](n3cnc4c(N)ncnc43)[C@H](O)[C@@H]2O)n1. The van der Waals surface area contributed by atoms with Gasteiger partial charge in [-0.2, -0.15) is 5.10 Å². The molecule has 5 N–H and O–H groups in total. The molecule has 30 heavy (non-hydrogen) atoms. The van der Waals surface area contributed by atoms with Crippen LogP contribution in [0, 0.1) is 0 Å². The third-order valence-electron chi connectivity index (χ3n) is 5.07. The Balaban J connectivity index is 1.43. The minimum atomic E-state index is -1.26. The number of halogens is 1. The molecule has 0 bridgehead atoms. The molecule has 4 rings (SSSR count). The summed E-state index contributed by atoms with van der Waals surface area (Å²) in [5, 5.41) is 28.2. The Labute approximate surface area is 175 Å². The van der Waals surface area contributed by atoms with Crippen LogP contribution in [0.2, 0.25) is 5.02 Å². The number of aliphatic hydroxyl groups is 2. The largest absolute Gasteiger partial charge is 0.388 e. The Bertz CT molecular complexity index is 1070. The molecule has 1 aliphatic heterocycles. The smallest absolute Gasteiger partial charge is 0.273 e. The van der Waals surface area contributed by atoms with Gasteiger partial charge in [0.1, 0.15) is 30.2 Å². The minimum Gasteiger partial charge on any atom is -0.388 e. The number of ether oxygens (including phenoxy) is 1. The number of nitrogens with one attached hydrogen (secondary N) is 1. The summed E-state index contributed by atoms with van der Waals surface area (Å²) in [5.74, 6) is -0.275. The van der Waals surface area contributed by atoms with Gasteiger partial charge in [0.2, 0.25) is 0 Å². The molecule has 1 fully saturated rings. The van der Waals surface area contributed by atoms with Crippen molar-refractivity contribution in [3.05, 3.63) is 29.6 Å². The van der Waals surface area contributed by atoms with Crippen LogP contribution >= 0.6 is 11.6 Å². The van der Waals surface area contributed by atoms with Gasteiger partial charge in [0.25, 0.3) is 5.91 Å². The lowest BCUT2D eigenvalue weighted by molar-refractivity contribution is -0.155. The Morgan fingerprint density at radius 3 is 2.90 bits per heavy atom. The van der Waals surface area contributed by atoms with E-state index in [1.54, 1.807) is 15.4 Å². The lowest BCUT2D eigenvalue weighted by Gasteiger charge is -2.38. The fraction of sp³-hybridized carbons (Fsp3) is 0.471.